The lowest BCUT2D eigenvalue weighted by Crippen LogP contribution is -2.51. The van der Waals surface area contributed by atoms with Crippen molar-refractivity contribution in [2.45, 2.75) is 44.6 Å². The molecule has 5 heteroatoms. The van der Waals surface area contributed by atoms with Gasteiger partial charge in [0.2, 0.25) is 5.91 Å². The number of carbonyl (C=O) groups is 1. The van der Waals surface area contributed by atoms with E-state index >= 15 is 0 Å². The van der Waals surface area contributed by atoms with Crippen LogP contribution >= 0.6 is 23.2 Å². The molecule has 1 heterocycles. The average molecular weight is 355 g/mol. The molecular weight excluding hydrogens is 331 g/mol. The van der Waals surface area contributed by atoms with Crippen molar-refractivity contribution in [1.82, 2.24) is 9.80 Å². The van der Waals surface area contributed by atoms with Crippen LogP contribution in [0.25, 0.3) is 0 Å². The second-order valence-corrected chi connectivity index (χ2v) is 7.43. The monoisotopic (exact) mass is 354 g/mol. The number of nitrogens with zero attached hydrogens (tertiary/aromatic N) is 2. The number of amides is 1. The maximum absolute atomic E-state index is 12.4. The fourth-order valence-corrected chi connectivity index (χ4v) is 4.23. The Hall–Kier alpha value is -0.770. The minimum atomic E-state index is 0.238. The van der Waals surface area contributed by atoms with E-state index in [9.17, 15) is 4.79 Å². The second-order valence-electron chi connectivity index (χ2n) is 6.59. The third-order valence-electron chi connectivity index (χ3n) is 5.13. The highest BCUT2D eigenvalue weighted by Gasteiger charge is 2.27. The Morgan fingerprint density at radius 1 is 1.09 bits per heavy atom. The molecule has 0 N–H and O–H groups in total. The van der Waals surface area contributed by atoms with Crippen molar-refractivity contribution in [3.63, 3.8) is 0 Å². The van der Waals surface area contributed by atoms with Gasteiger partial charge in [-0.1, -0.05) is 42.1 Å². The van der Waals surface area contributed by atoms with Crippen molar-refractivity contribution < 1.29 is 4.79 Å². The highest BCUT2D eigenvalue weighted by molar-refractivity contribution is 6.35. The van der Waals surface area contributed by atoms with Gasteiger partial charge in [0.15, 0.2) is 0 Å². The molecule has 23 heavy (non-hydrogen) atoms. The lowest BCUT2D eigenvalue weighted by atomic mass is 10.1. The van der Waals surface area contributed by atoms with E-state index in [0.717, 1.165) is 37.8 Å². The first kappa shape index (κ1) is 17.1. The quantitative estimate of drug-likeness (QED) is 0.815. The lowest BCUT2D eigenvalue weighted by molar-refractivity contribution is -0.133. The molecule has 1 saturated carbocycles. The Morgan fingerprint density at radius 2 is 1.78 bits per heavy atom. The number of hydrogen-bond acceptors (Lipinski definition) is 2. The van der Waals surface area contributed by atoms with Crippen molar-refractivity contribution in [1.29, 1.82) is 0 Å². The number of carbonyl (C=O) groups excluding carboxylic acids is 1. The Bertz CT molecular complexity index is 550. The average Bonchev–Trinajstić information content (AvgIpc) is 3.08. The first-order valence-electron chi connectivity index (χ1n) is 8.59. The van der Waals surface area contributed by atoms with Gasteiger partial charge in [-0.15, -0.1) is 0 Å². The van der Waals surface area contributed by atoms with Gasteiger partial charge in [0.25, 0.3) is 0 Å². The minimum absolute atomic E-state index is 0.238. The number of rotatable bonds is 4. The lowest BCUT2D eigenvalue weighted by Gasteiger charge is -2.38. The molecule has 0 radical (unpaired) electrons. The van der Waals surface area contributed by atoms with Crippen LogP contribution in [-0.2, 0) is 11.2 Å². The minimum Gasteiger partial charge on any atom is -0.340 e. The molecule has 2 aliphatic rings. The molecule has 2 fully saturated rings. The molecule has 126 valence electrons. The van der Waals surface area contributed by atoms with E-state index in [1.54, 1.807) is 6.07 Å². The summed E-state index contributed by atoms with van der Waals surface area (Å²) in [6, 6.07) is 6.24. The smallest absolute Gasteiger partial charge is 0.222 e. The summed E-state index contributed by atoms with van der Waals surface area (Å²) in [4.78, 5) is 17.0. The normalized spacial score (nSPS) is 20.2. The molecule has 1 aliphatic carbocycles. The summed E-state index contributed by atoms with van der Waals surface area (Å²) in [5.41, 5.74) is 0.994. The maximum atomic E-state index is 12.4. The molecule has 1 aliphatic heterocycles. The number of aryl methyl sites for hydroxylation is 1. The molecule has 1 aromatic carbocycles. The summed E-state index contributed by atoms with van der Waals surface area (Å²) >= 11 is 12.1. The highest BCUT2D eigenvalue weighted by atomic mass is 35.5. The van der Waals surface area contributed by atoms with E-state index in [1.807, 2.05) is 17.0 Å². The number of hydrogen-bond donors (Lipinski definition) is 0. The van der Waals surface area contributed by atoms with Crippen LogP contribution in [0.2, 0.25) is 10.0 Å². The van der Waals surface area contributed by atoms with Crippen molar-refractivity contribution in [3.8, 4) is 0 Å². The summed E-state index contributed by atoms with van der Waals surface area (Å²) in [5.74, 6) is 0.238. The number of halogens is 2. The molecule has 0 unspecified atom stereocenters. The highest BCUT2D eigenvalue weighted by Crippen LogP contribution is 2.25. The Kier molecular flexibility index (Phi) is 5.84. The first-order valence-corrected chi connectivity index (χ1v) is 9.35. The van der Waals surface area contributed by atoms with Gasteiger partial charge in [-0.2, -0.15) is 0 Å². The van der Waals surface area contributed by atoms with Gasteiger partial charge >= 0.3 is 0 Å². The van der Waals surface area contributed by atoms with E-state index in [2.05, 4.69) is 4.90 Å². The van der Waals surface area contributed by atoms with Crippen LogP contribution in [-0.4, -0.2) is 47.9 Å². The van der Waals surface area contributed by atoms with Crippen LogP contribution in [0.15, 0.2) is 18.2 Å². The van der Waals surface area contributed by atoms with E-state index < -0.39 is 0 Å². The van der Waals surface area contributed by atoms with E-state index in [1.165, 1.54) is 25.7 Å². The fourth-order valence-electron chi connectivity index (χ4n) is 3.73. The van der Waals surface area contributed by atoms with Gasteiger partial charge in [0.1, 0.15) is 0 Å². The first-order chi connectivity index (χ1) is 11.1. The third-order valence-corrected chi connectivity index (χ3v) is 5.72. The summed E-state index contributed by atoms with van der Waals surface area (Å²) in [7, 11) is 0. The summed E-state index contributed by atoms with van der Waals surface area (Å²) in [6.45, 7) is 3.78. The zero-order chi connectivity index (χ0) is 16.2. The maximum Gasteiger partial charge on any atom is 0.222 e. The molecule has 3 rings (SSSR count). The number of piperazine rings is 1. The van der Waals surface area contributed by atoms with Gasteiger partial charge in [0.05, 0.1) is 0 Å². The van der Waals surface area contributed by atoms with E-state index in [-0.39, 0.29) is 5.91 Å². The fraction of sp³-hybridized carbons (Fsp3) is 0.611. The summed E-state index contributed by atoms with van der Waals surface area (Å²) in [6.07, 6.45) is 6.60. The van der Waals surface area contributed by atoms with Crippen LogP contribution in [0.4, 0.5) is 0 Å². The molecule has 1 aromatic rings. The molecule has 3 nitrogen and oxygen atoms in total. The van der Waals surface area contributed by atoms with E-state index in [0.29, 0.717) is 22.9 Å². The zero-order valence-electron chi connectivity index (χ0n) is 13.4. The summed E-state index contributed by atoms with van der Waals surface area (Å²) < 4.78 is 0. The van der Waals surface area contributed by atoms with Gasteiger partial charge in [0, 0.05) is 48.7 Å². The van der Waals surface area contributed by atoms with Gasteiger partial charge in [-0.25, -0.2) is 0 Å². The van der Waals surface area contributed by atoms with Crippen molar-refractivity contribution in [3.05, 3.63) is 33.8 Å². The van der Waals surface area contributed by atoms with Gasteiger partial charge < -0.3 is 4.90 Å². The van der Waals surface area contributed by atoms with Crippen LogP contribution in [0.5, 0.6) is 0 Å². The Labute approximate surface area is 148 Å². The predicted octanol–water partition coefficient (Wildman–Crippen LogP) is 4.01. The Morgan fingerprint density at radius 3 is 2.43 bits per heavy atom. The molecular formula is C18H24Cl2N2O. The summed E-state index contributed by atoms with van der Waals surface area (Å²) in [5, 5.41) is 1.28. The van der Waals surface area contributed by atoms with Crippen molar-refractivity contribution in [2.24, 2.45) is 0 Å². The van der Waals surface area contributed by atoms with Crippen LogP contribution in [0, 0.1) is 0 Å². The third kappa shape index (κ3) is 4.40. The SMILES string of the molecule is O=C(CCc1ccc(Cl)cc1Cl)N1CCN(C2CCCC2)CC1. The van der Waals surface area contributed by atoms with Gasteiger partial charge in [-0.05, 0) is 37.0 Å². The molecule has 0 aromatic heterocycles. The van der Waals surface area contributed by atoms with Crippen LogP contribution in [0.1, 0.15) is 37.7 Å². The zero-order valence-corrected chi connectivity index (χ0v) is 15.0. The van der Waals surface area contributed by atoms with Crippen LogP contribution < -0.4 is 0 Å². The molecule has 1 amide bonds. The second kappa shape index (κ2) is 7.87. The predicted molar refractivity (Wildman–Crippen MR) is 95.2 cm³/mol. The topological polar surface area (TPSA) is 23.6 Å². The standard InChI is InChI=1S/C18H24Cl2N2O/c19-15-7-5-14(17(20)13-15)6-8-18(23)22-11-9-21(10-12-22)16-3-1-2-4-16/h5,7,13,16H,1-4,6,8-12H2. The van der Waals surface area contributed by atoms with Crippen LogP contribution in [0.3, 0.4) is 0 Å². The largest absolute Gasteiger partial charge is 0.340 e. The van der Waals surface area contributed by atoms with Crippen molar-refractivity contribution >= 4 is 29.1 Å². The molecule has 0 spiro atoms. The number of benzene rings is 1. The molecule has 1 saturated heterocycles. The molecule has 0 atom stereocenters. The molecule has 0 bridgehead atoms. The van der Waals surface area contributed by atoms with E-state index in [4.69, 9.17) is 23.2 Å². The van der Waals surface area contributed by atoms with Gasteiger partial charge in [-0.3, -0.25) is 9.69 Å². The Balaban J connectivity index is 1.46. The van der Waals surface area contributed by atoms with Crippen molar-refractivity contribution in [2.75, 3.05) is 26.2 Å².